The van der Waals surface area contributed by atoms with E-state index in [9.17, 15) is 0 Å². The first-order valence-corrected chi connectivity index (χ1v) is 4.93. The molecule has 0 unspecified atom stereocenters. The average molecular weight is 186 g/mol. The van der Waals surface area contributed by atoms with Gasteiger partial charge < -0.3 is 0 Å². The van der Waals surface area contributed by atoms with E-state index in [4.69, 9.17) is 0 Å². The molecule has 1 heteroatoms. The van der Waals surface area contributed by atoms with Crippen molar-refractivity contribution in [1.82, 2.24) is 0 Å². The summed E-state index contributed by atoms with van der Waals surface area (Å²) in [6.07, 6.45) is 2.30. The zero-order valence-corrected chi connectivity index (χ0v) is 6.93. The van der Waals surface area contributed by atoms with E-state index >= 15 is 0 Å². The van der Waals surface area contributed by atoms with Crippen LogP contribution in [0.25, 0.3) is 0 Å². The van der Waals surface area contributed by atoms with Crippen LogP contribution in [0.3, 0.4) is 0 Å². The Hall–Kier alpha value is 0.409. The van der Waals surface area contributed by atoms with Gasteiger partial charge in [0.1, 0.15) is 0 Å². The summed E-state index contributed by atoms with van der Waals surface area (Å²) in [7, 11) is 0. The first kappa shape index (κ1) is 4.56. The van der Waals surface area contributed by atoms with Crippen LogP contribution in [0.5, 0.6) is 0 Å². The molecule has 1 aliphatic rings. The summed E-state index contributed by atoms with van der Waals surface area (Å²) in [5, 5.41) is 0. The molecule has 0 spiro atoms. The van der Waals surface area contributed by atoms with Crippen molar-refractivity contribution in [3.8, 4) is 0 Å². The van der Waals surface area contributed by atoms with Gasteiger partial charge >= 0.3 is 47.7 Å². The van der Waals surface area contributed by atoms with E-state index in [0.29, 0.717) is 0 Å². The number of allylic oxidation sites excluding steroid dienone is 2. The minimum absolute atomic E-state index is 0.00333. The van der Waals surface area contributed by atoms with Crippen LogP contribution in [0.1, 0.15) is 13.8 Å². The molecule has 0 aromatic rings. The molecule has 0 nitrogen and oxygen atoms in total. The molecule has 1 aliphatic heterocycles. The molecule has 0 fully saturated rings. The van der Waals surface area contributed by atoms with Crippen molar-refractivity contribution < 1.29 is 0 Å². The van der Waals surface area contributed by atoms with E-state index in [-0.39, 0.29) is 20.7 Å². The molecule has 0 aliphatic carbocycles. The molecule has 0 saturated carbocycles. The summed E-state index contributed by atoms with van der Waals surface area (Å²) in [4.78, 5) is 0. The van der Waals surface area contributed by atoms with Crippen molar-refractivity contribution in [3.63, 3.8) is 0 Å². The fraction of sp³-hybridized carbons (Fsp3) is 0.400. The fourth-order valence-corrected chi connectivity index (χ4v) is 3.40. The SMILES string of the molecule is C[C]1=C[C](C)=[Sn]1. The molecule has 0 amide bonds. The minimum atomic E-state index is 0.00333. The Balaban J connectivity index is 2.57. The van der Waals surface area contributed by atoms with Gasteiger partial charge in [0, 0.05) is 0 Å². The van der Waals surface area contributed by atoms with Crippen LogP contribution in [0.4, 0.5) is 0 Å². The molecule has 31 valence electrons. The Bertz CT molecular complexity index is 98.4. The maximum absolute atomic E-state index is 2.30. The number of rotatable bonds is 0. The van der Waals surface area contributed by atoms with Crippen molar-refractivity contribution in [2.45, 2.75) is 13.8 Å². The van der Waals surface area contributed by atoms with E-state index in [1.165, 1.54) is 0 Å². The molecule has 0 saturated heterocycles. The van der Waals surface area contributed by atoms with Gasteiger partial charge in [-0.1, -0.05) is 0 Å². The van der Waals surface area contributed by atoms with Crippen LogP contribution in [-0.4, -0.2) is 24.2 Å². The molecule has 0 aromatic carbocycles. The van der Waals surface area contributed by atoms with Crippen LogP contribution in [-0.2, 0) is 0 Å². The Morgan fingerprint density at radius 2 is 2.00 bits per heavy atom. The first-order chi connectivity index (χ1) is 2.79. The Labute approximate surface area is 48.0 Å². The topological polar surface area (TPSA) is 0 Å². The van der Waals surface area contributed by atoms with E-state index in [0.717, 1.165) is 0 Å². The number of hydrogen-bond acceptors (Lipinski definition) is 0. The second kappa shape index (κ2) is 1.49. The third-order valence-electron chi connectivity index (χ3n) is 0.827. The number of hydrogen-bond donors (Lipinski definition) is 0. The Kier molecular flexibility index (Phi) is 1.13. The Morgan fingerprint density at radius 3 is 2.00 bits per heavy atom. The molecule has 1 rings (SSSR count). The van der Waals surface area contributed by atoms with E-state index in [2.05, 4.69) is 19.9 Å². The summed E-state index contributed by atoms with van der Waals surface area (Å²) in [6, 6.07) is 0. The fourth-order valence-electron chi connectivity index (χ4n) is 0.630. The molecular weight excluding hydrogens is 179 g/mol. The average Bonchev–Trinajstić information content (AvgIpc) is 1.33. The van der Waals surface area contributed by atoms with Crippen molar-refractivity contribution >= 4 is 24.2 Å². The molecule has 1 heterocycles. The van der Waals surface area contributed by atoms with Gasteiger partial charge in [0.25, 0.3) is 0 Å². The Morgan fingerprint density at radius 1 is 1.50 bits per heavy atom. The predicted molar refractivity (Wildman–Crippen MR) is 30.2 cm³/mol. The van der Waals surface area contributed by atoms with E-state index in [1.807, 2.05) is 0 Å². The van der Waals surface area contributed by atoms with E-state index in [1.54, 1.807) is 7.11 Å². The second-order valence-corrected chi connectivity index (χ2v) is 6.85. The molecule has 6 heavy (non-hydrogen) atoms. The second-order valence-electron chi connectivity index (χ2n) is 1.64. The van der Waals surface area contributed by atoms with Gasteiger partial charge in [0.05, 0.1) is 0 Å². The quantitative estimate of drug-likeness (QED) is 0.490. The molecule has 1 radical (unpaired) electrons. The molecule has 0 atom stereocenters. The summed E-state index contributed by atoms with van der Waals surface area (Å²) in [5.41, 5.74) is 0. The van der Waals surface area contributed by atoms with Gasteiger partial charge in [0.15, 0.2) is 0 Å². The van der Waals surface area contributed by atoms with E-state index < -0.39 is 0 Å². The molecular formula is C5H7Sn. The monoisotopic (exact) mass is 187 g/mol. The van der Waals surface area contributed by atoms with Gasteiger partial charge in [-0.25, -0.2) is 0 Å². The van der Waals surface area contributed by atoms with Crippen molar-refractivity contribution in [2.75, 3.05) is 0 Å². The third-order valence-corrected chi connectivity index (χ3v) is 3.90. The summed E-state index contributed by atoms with van der Waals surface area (Å²) >= 11 is 0.00333. The van der Waals surface area contributed by atoms with Crippen LogP contribution >= 0.6 is 0 Å². The maximum atomic E-state index is 2.30. The summed E-state index contributed by atoms with van der Waals surface area (Å²) < 4.78 is 3.38. The molecule has 0 bridgehead atoms. The van der Waals surface area contributed by atoms with Crippen molar-refractivity contribution in [1.29, 1.82) is 0 Å². The zero-order chi connectivity index (χ0) is 4.57. The molecule has 0 aromatic heterocycles. The van der Waals surface area contributed by atoms with Crippen LogP contribution in [0.2, 0.25) is 0 Å². The van der Waals surface area contributed by atoms with Gasteiger partial charge in [-0.15, -0.1) is 0 Å². The van der Waals surface area contributed by atoms with Crippen molar-refractivity contribution in [3.05, 3.63) is 9.67 Å². The van der Waals surface area contributed by atoms with Crippen LogP contribution < -0.4 is 0 Å². The summed E-state index contributed by atoms with van der Waals surface area (Å²) in [5.74, 6) is 0. The van der Waals surface area contributed by atoms with Gasteiger partial charge in [0.2, 0.25) is 0 Å². The van der Waals surface area contributed by atoms with Crippen LogP contribution in [0, 0.1) is 0 Å². The third kappa shape index (κ3) is 0.724. The van der Waals surface area contributed by atoms with Crippen molar-refractivity contribution in [2.24, 2.45) is 0 Å². The van der Waals surface area contributed by atoms with Gasteiger partial charge in [-0.2, -0.15) is 0 Å². The zero-order valence-electron chi connectivity index (χ0n) is 4.08. The normalized spacial score (nSPS) is 18.3. The predicted octanol–water partition coefficient (Wildman–Crippen LogP) is 0.800. The van der Waals surface area contributed by atoms with Gasteiger partial charge in [-0.05, 0) is 0 Å². The van der Waals surface area contributed by atoms with Gasteiger partial charge in [-0.3, -0.25) is 0 Å². The standard InChI is InChI=1S/C5H7.Sn/c1-3-5-4-2;/h5H,1-2H3;. The van der Waals surface area contributed by atoms with Crippen LogP contribution in [0.15, 0.2) is 9.67 Å². The first-order valence-electron chi connectivity index (χ1n) is 2.08. The summed E-state index contributed by atoms with van der Waals surface area (Å²) in [6.45, 7) is 4.47. The molecule has 0 N–H and O–H groups in total.